The number of benzene rings is 2. The third-order valence-corrected chi connectivity index (χ3v) is 4.98. The summed E-state index contributed by atoms with van der Waals surface area (Å²) >= 11 is 5.88. The topological polar surface area (TPSA) is 32.3 Å². The molecule has 1 aliphatic heterocycles. The fourth-order valence-electron chi connectivity index (χ4n) is 3.34. The number of piperidine rings is 1. The van der Waals surface area contributed by atoms with E-state index in [0.29, 0.717) is 22.7 Å². The van der Waals surface area contributed by atoms with Crippen LogP contribution in [0.3, 0.4) is 0 Å². The quantitative estimate of drug-likeness (QED) is 0.897. The normalized spacial score (nSPS) is 20.3. The second-order valence-electron chi connectivity index (χ2n) is 6.26. The summed E-state index contributed by atoms with van der Waals surface area (Å²) in [5.41, 5.74) is 1.24. The largest absolute Gasteiger partial charge is 0.338 e. The number of nitrogens with one attached hydrogen (secondary N) is 1. The first-order valence-electron chi connectivity index (χ1n) is 8.16. The summed E-state index contributed by atoms with van der Waals surface area (Å²) in [6.07, 6.45) is 0.736. The van der Waals surface area contributed by atoms with E-state index in [-0.39, 0.29) is 17.9 Å². The lowest BCUT2D eigenvalue weighted by Crippen LogP contribution is -2.49. The van der Waals surface area contributed by atoms with E-state index in [1.807, 2.05) is 0 Å². The van der Waals surface area contributed by atoms with E-state index in [2.05, 4.69) is 5.32 Å². The molecule has 1 N–H and O–H groups in total. The number of amides is 1. The van der Waals surface area contributed by atoms with Crippen molar-refractivity contribution in [2.24, 2.45) is 0 Å². The highest BCUT2D eigenvalue weighted by Gasteiger charge is 2.32. The van der Waals surface area contributed by atoms with E-state index >= 15 is 0 Å². The number of carbonyl (C=O) groups excluding carboxylic acids is 1. The molecule has 2 aromatic carbocycles. The Morgan fingerprint density at radius 2 is 1.88 bits per heavy atom. The van der Waals surface area contributed by atoms with Gasteiger partial charge in [0.15, 0.2) is 11.6 Å². The Morgan fingerprint density at radius 1 is 1.16 bits per heavy atom. The third-order valence-electron chi connectivity index (χ3n) is 4.73. The highest BCUT2D eigenvalue weighted by Crippen LogP contribution is 2.29. The van der Waals surface area contributed by atoms with Crippen LogP contribution in [0.1, 0.15) is 28.3 Å². The van der Waals surface area contributed by atoms with Crippen molar-refractivity contribution < 1.29 is 13.6 Å². The predicted molar refractivity (Wildman–Crippen MR) is 93.9 cm³/mol. The molecule has 0 unspecified atom stereocenters. The van der Waals surface area contributed by atoms with Crippen molar-refractivity contribution in [1.82, 2.24) is 10.2 Å². The lowest BCUT2D eigenvalue weighted by atomic mass is 9.85. The zero-order valence-corrected chi connectivity index (χ0v) is 14.6. The van der Waals surface area contributed by atoms with Crippen LogP contribution in [-0.2, 0) is 0 Å². The van der Waals surface area contributed by atoms with Gasteiger partial charge in [-0.1, -0.05) is 17.7 Å². The smallest absolute Gasteiger partial charge is 0.253 e. The van der Waals surface area contributed by atoms with Gasteiger partial charge < -0.3 is 10.2 Å². The molecule has 0 radical (unpaired) electrons. The van der Waals surface area contributed by atoms with Crippen molar-refractivity contribution in [1.29, 1.82) is 0 Å². The second-order valence-corrected chi connectivity index (χ2v) is 6.70. The monoisotopic (exact) mass is 364 g/mol. The lowest BCUT2D eigenvalue weighted by Gasteiger charge is -2.38. The Balaban J connectivity index is 1.85. The summed E-state index contributed by atoms with van der Waals surface area (Å²) < 4.78 is 26.9. The van der Waals surface area contributed by atoms with Gasteiger partial charge in [0.05, 0.1) is 0 Å². The molecule has 25 heavy (non-hydrogen) atoms. The standard InChI is InChI=1S/C19H19ClF2N2O/c1-24(19(25)12-2-5-14(20)6-3-12)18-8-9-23-11-15(18)13-4-7-16(21)17(22)10-13/h2-7,10,15,18,23H,8-9,11H2,1H3/t15-,18+/m0/s1. The van der Waals surface area contributed by atoms with Crippen molar-refractivity contribution in [3.05, 3.63) is 70.2 Å². The zero-order valence-electron chi connectivity index (χ0n) is 13.8. The van der Waals surface area contributed by atoms with Gasteiger partial charge in [-0.15, -0.1) is 0 Å². The van der Waals surface area contributed by atoms with Crippen LogP contribution in [0.5, 0.6) is 0 Å². The number of halogens is 3. The molecule has 0 spiro atoms. The minimum Gasteiger partial charge on any atom is -0.338 e. The zero-order chi connectivity index (χ0) is 18.0. The van der Waals surface area contributed by atoms with Crippen molar-refractivity contribution in [2.75, 3.05) is 20.1 Å². The number of carbonyl (C=O) groups is 1. The molecule has 0 aliphatic carbocycles. The Morgan fingerprint density at radius 3 is 2.56 bits per heavy atom. The molecule has 6 heteroatoms. The van der Waals surface area contributed by atoms with Crippen LogP contribution in [0.4, 0.5) is 8.78 Å². The summed E-state index contributed by atoms with van der Waals surface area (Å²) in [7, 11) is 1.75. The molecular formula is C19H19ClF2N2O. The van der Waals surface area contributed by atoms with Crippen LogP contribution >= 0.6 is 11.6 Å². The van der Waals surface area contributed by atoms with Crippen LogP contribution in [0.15, 0.2) is 42.5 Å². The number of likely N-dealkylation sites (N-methyl/N-ethyl adjacent to an activating group) is 1. The summed E-state index contributed by atoms with van der Waals surface area (Å²) in [6.45, 7) is 1.37. The maximum absolute atomic E-state index is 13.6. The van der Waals surface area contributed by atoms with E-state index in [1.165, 1.54) is 6.07 Å². The van der Waals surface area contributed by atoms with Crippen LogP contribution in [-0.4, -0.2) is 37.0 Å². The Bertz CT molecular complexity index is 767. The maximum Gasteiger partial charge on any atom is 0.253 e. The first-order valence-corrected chi connectivity index (χ1v) is 8.53. The second kappa shape index (κ2) is 7.50. The number of nitrogens with zero attached hydrogens (tertiary/aromatic N) is 1. The summed E-state index contributed by atoms with van der Waals surface area (Å²) in [5, 5.41) is 3.84. The molecule has 1 aliphatic rings. The van der Waals surface area contributed by atoms with Crippen molar-refractivity contribution in [3.8, 4) is 0 Å². The molecular weight excluding hydrogens is 346 g/mol. The molecule has 3 rings (SSSR count). The molecule has 0 bridgehead atoms. The lowest BCUT2D eigenvalue weighted by molar-refractivity contribution is 0.0679. The average molecular weight is 365 g/mol. The van der Waals surface area contributed by atoms with E-state index in [4.69, 9.17) is 11.6 Å². The molecule has 2 atom stereocenters. The van der Waals surface area contributed by atoms with Gasteiger partial charge in [-0.05, 0) is 54.9 Å². The maximum atomic E-state index is 13.6. The highest BCUT2D eigenvalue weighted by molar-refractivity contribution is 6.30. The van der Waals surface area contributed by atoms with Crippen LogP contribution in [0.2, 0.25) is 5.02 Å². The van der Waals surface area contributed by atoms with Crippen LogP contribution in [0, 0.1) is 11.6 Å². The number of hydrogen-bond acceptors (Lipinski definition) is 2. The number of rotatable bonds is 3. The highest BCUT2D eigenvalue weighted by atomic mass is 35.5. The molecule has 3 nitrogen and oxygen atoms in total. The predicted octanol–water partition coefficient (Wildman–Crippen LogP) is 3.84. The van der Waals surface area contributed by atoms with E-state index < -0.39 is 11.6 Å². The fourth-order valence-corrected chi connectivity index (χ4v) is 3.46. The molecule has 1 amide bonds. The van der Waals surface area contributed by atoms with Gasteiger partial charge in [-0.2, -0.15) is 0 Å². The Kier molecular flexibility index (Phi) is 5.35. The molecule has 1 saturated heterocycles. The van der Waals surface area contributed by atoms with E-state index in [9.17, 15) is 13.6 Å². The Labute approximate surface area is 150 Å². The van der Waals surface area contributed by atoms with Gasteiger partial charge in [0.1, 0.15) is 0 Å². The first-order chi connectivity index (χ1) is 12.0. The van der Waals surface area contributed by atoms with Crippen LogP contribution in [0.25, 0.3) is 0 Å². The van der Waals surface area contributed by atoms with Gasteiger partial charge in [-0.25, -0.2) is 8.78 Å². The minimum atomic E-state index is -0.867. The average Bonchev–Trinajstić information content (AvgIpc) is 2.63. The molecule has 1 fully saturated rings. The van der Waals surface area contributed by atoms with Crippen molar-refractivity contribution >= 4 is 17.5 Å². The van der Waals surface area contributed by atoms with Gasteiger partial charge in [-0.3, -0.25) is 4.79 Å². The van der Waals surface area contributed by atoms with Gasteiger partial charge in [0, 0.05) is 36.1 Å². The van der Waals surface area contributed by atoms with Gasteiger partial charge >= 0.3 is 0 Å². The molecule has 1 heterocycles. The van der Waals surface area contributed by atoms with Gasteiger partial charge in [0.25, 0.3) is 5.91 Å². The van der Waals surface area contributed by atoms with E-state index in [1.54, 1.807) is 42.3 Å². The molecule has 2 aromatic rings. The van der Waals surface area contributed by atoms with Crippen LogP contribution < -0.4 is 5.32 Å². The van der Waals surface area contributed by atoms with E-state index in [0.717, 1.165) is 19.0 Å². The minimum absolute atomic E-state index is 0.103. The van der Waals surface area contributed by atoms with Crippen molar-refractivity contribution in [2.45, 2.75) is 18.4 Å². The SMILES string of the molecule is CN(C(=O)c1ccc(Cl)cc1)[C@@H]1CCNC[C@H]1c1ccc(F)c(F)c1. The summed E-state index contributed by atoms with van der Waals surface area (Å²) in [6, 6.07) is 10.6. The summed E-state index contributed by atoms with van der Waals surface area (Å²) in [4.78, 5) is 14.5. The number of hydrogen-bond donors (Lipinski definition) is 1. The van der Waals surface area contributed by atoms with Crippen molar-refractivity contribution in [3.63, 3.8) is 0 Å². The molecule has 132 valence electrons. The molecule has 0 aromatic heterocycles. The first kappa shape index (κ1) is 17.8. The van der Waals surface area contributed by atoms with Gasteiger partial charge in [0.2, 0.25) is 0 Å². The molecule has 0 saturated carbocycles. The summed E-state index contributed by atoms with van der Waals surface area (Å²) in [5.74, 6) is -1.95. The Hall–Kier alpha value is -1.98. The fraction of sp³-hybridized carbons (Fsp3) is 0.316. The third kappa shape index (κ3) is 3.83.